The van der Waals surface area contributed by atoms with Gasteiger partial charge in [-0.2, -0.15) is 0 Å². The van der Waals surface area contributed by atoms with E-state index in [0.717, 1.165) is 17.4 Å². The summed E-state index contributed by atoms with van der Waals surface area (Å²) < 4.78 is 0. The van der Waals surface area contributed by atoms with Crippen LogP contribution in [0.3, 0.4) is 0 Å². The quantitative estimate of drug-likeness (QED) is 0.796. The fourth-order valence-corrected chi connectivity index (χ4v) is 1.24. The van der Waals surface area contributed by atoms with Crippen molar-refractivity contribution in [2.45, 2.75) is 19.5 Å². The van der Waals surface area contributed by atoms with Crippen LogP contribution in [0.4, 0.5) is 0 Å². The summed E-state index contributed by atoms with van der Waals surface area (Å²) in [4.78, 5) is 0. The van der Waals surface area contributed by atoms with E-state index in [2.05, 4.69) is 28.2 Å². The van der Waals surface area contributed by atoms with Gasteiger partial charge >= 0.3 is 0 Å². The summed E-state index contributed by atoms with van der Waals surface area (Å²) in [6.07, 6.45) is 0. The van der Waals surface area contributed by atoms with Gasteiger partial charge < -0.3 is 10.4 Å². The highest BCUT2D eigenvalue weighted by Gasteiger charge is 1.98. The highest BCUT2D eigenvalue weighted by molar-refractivity contribution is 9.09. The number of benzene rings is 1. The molecule has 0 heterocycles. The maximum absolute atomic E-state index is 9.20. The van der Waals surface area contributed by atoms with Gasteiger partial charge in [0, 0.05) is 17.9 Å². The molecule has 0 fully saturated rings. The van der Waals surface area contributed by atoms with E-state index in [0.29, 0.717) is 11.8 Å². The summed E-state index contributed by atoms with van der Waals surface area (Å²) in [6.45, 7) is 2.90. The maximum Gasteiger partial charge on any atom is 0.115 e. The first-order chi connectivity index (χ1) is 6.22. The number of alkyl halides is 1. The Morgan fingerprint density at radius 1 is 1.54 bits per heavy atom. The number of phenolic OH excluding ortho intramolecular Hbond substituents is 1. The van der Waals surface area contributed by atoms with Gasteiger partial charge in [0.25, 0.3) is 0 Å². The molecule has 2 nitrogen and oxygen atoms in total. The summed E-state index contributed by atoms with van der Waals surface area (Å²) in [7, 11) is 0. The van der Waals surface area contributed by atoms with Crippen LogP contribution in [0.15, 0.2) is 24.3 Å². The average molecular weight is 244 g/mol. The van der Waals surface area contributed by atoms with Crippen molar-refractivity contribution in [1.82, 2.24) is 5.32 Å². The Labute approximate surface area is 87.1 Å². The zero-order valence-corrected chi connectivity index (χ0v) is 9.21. The zero-order valence-electron chi connectivity index (χ0n) is 7.63. The molecule has 0 amide bonds. The Balaban J connectivity index is 2.45. The molecule has 1 aromatic carbocycles. The third-order valence-electron chi connectivity index (χ3n) is 1.80. The van der Waals surface area contributed by atoms with Gasteiger partial charge in [-0.15, -0.1) is 0 Å². The van der Waals surface area contributed by atoms with Crippen LogP contribution in [-0.2, 0) is 6.54 Å². The minimum Gasteiger partial charge on any atom is -0.508 e. The summed E-state index contributed by atoms with van der Waals surface area (Å²) in [5.41, 5.74) is 1.10. The van der Waals surface area contributed by atoms with Crippen molar-refractivity contribution in [3.8, 4) is 5.75 Å². The summed E-state index contributed by atoms with van der Waals surface area (Å²) in [5.74, 6) is 0.325. The molecule has 0 aromatic heterocycles. The molecule has 0 radical (unpaired) electrons. The predicted molar refractivity (Wildman–Crippen MR) is 58.2 cm³/mol. The SMILES string of the molecule is CC(CBr)NCc1cccc(O)c1. The summed E-state index contributed by atoms with van der Waals surface area (Å²) >= 11 is 3.39. The highest BCUT2D eigenvalue weighted by Crippen LogP contribution is 2.10. The highest BCUT2D eigenvalue weighted by atomic mass is 79.9. The number of hydrogen-bond donors (Lipinski definition) is 2. The van der Waals surface area contributed by atoms with Gasteiger partial charge in [-0.05, 0) is 24.6 Å². The molecule has 0 saturated carbocycles. The molecule has 0 aliphatic rings. The molecule has 1 rings (SSSR count). The maximum atomic E-state index is 9.20. The van der Waals surface area contributed by atoms with Crippen LogP contribution in [-0.4, -0.2) is 16.5 Å². The monoisotopic (exact) mass is 243 g/mol. The second kappa shape index (κ2) is 5.25. The summed E-state index contributed by atoms with van der Waals surface area (Å²) in [5, 5.41) is 13.5. The lowest BCUT2D eigenvalue weighted by molar-refractivity contribution is 0.473. The minimum absolute atomic E-state index is 0.325. The first kappa shape index (κ1) is 10.5. The first-order valence-corrected chi connectivity index (χ1v) is 5.42. The number of nitrogens with one attached hydrogen (secondary N) is 1. The Bertz CT molecular complexity index is 265. The van der Waals surface area contributed by atoms with Crippen molar-refractivity contribution in [3.05, 3.63) is 29.8 Å². The summed E-state index contributed by atoms with van der Waals surface area (Å²) in [6, 6.07) is 7.74. The van der Waals surface area contributed by atoms with Crippen molar-refractivity contribution in [3.63, 3.8) is 0 Å². The largest absolute Gasteiger partial charge is 0.508 e. The fourth-order valence-electron chi connectivity index (χ4n) is 1.01. The van der Waals surface area contributed by atoms with Gasteiger partial charge in [-0.3, -0.25) is 0 Å². The molecule has 0 saturated heterocycles. The van der Waals surface area contributed by atoms with E-state index in [4.69, 9.17) is 0 Å². The lowest BCUT2D eigenvalue weighted by Crippen LogP contribution is -2.26. The molecule has 13 heavy (non-hydrogen) atoms. The van der Waals surface area contributed by atoms with E-state index in [1.807, 2.05) is 12.1 Å². The number of hydrogen-bond acceptors (Lipinski definition) is 2. The van der Waals surface area contributed by atoms with E-state index >= 15 is 0 Å². The molecular weight excluding hydrogens is 230 g/mol. The van der Waals surface area contributed by atoms with E-state index < -0.39 is 0 Å². The molecule has 2 N–H and O–H groups in total. The lowest BCUT2D eigenvalue weighted by atomic mass is 10.2. The van der Waals surface area contributed by atoms with Gasteiger partial charge in [0.2, 0.25) is 0 Å². The van der Waals surface area contributed by atoms with Crippen LogP contribution >= 0.6 is 15.9 Å². The van der Waals surface area contributed by atoms with Crippen molar-refractivity contribution >= 4 is 15.9 Å². The van der Waals surface area contributed by atoms with E-state index in [9.17, 15) is 5.11 Å². The third kappa shape index (κ3) is 3.79. The minimum atomic E-state index is 0.325. The van der Waals surface area contributed by atoms with Gasteiger partial charge in [-0.1, -0.05) is 28.1 Å². The van der Waals surface area contributed by atoms with Crippen LogP contribution in [0.25, 0.3) is 0 Å². The van der Waals surface area contributed by atoms with Crippen LogP contribution < -0.4 is 5.32 Å². The first-order valence-electron chi connectivity index (χ1n) is 4.29. The molecular formula is C10H14BrNO. The second-order valence-electron chi connectivity index (χ2n) is 3.11. The Kier molecular flexibility index (Phi) is 4.25. The molecule has 1 unspecified atom stereocenters. The molecule has 0 bridgehead atoms. The zero-order chi connectivity index (χ0) is 9.68. The molecule has 0 aliphatic carbocycles. The molecule has 1 aromatic rings. The van der Waals surface area contributed by atoms with Crippen molar-refractivity contribution < 1.29 is 5.11 Å². The fraction of sp³-hybridized carbons (Fsp3) is 0.400. The Morgan fingerprint density at radius 2 is 2.31 bits per heavy atom. The lowest BCUT2D eigenvalue weighted by Gasteiger charge is -2.10. The molecule has 3 heteroatoms. The Hall–Kier alpha value is -0.540. The third-order valence-corrected chi connectivity index (χ3v) is 2.77. The topological polar surface area (TPSA) is 32.3 Å². The number of aromatic hydroxyl groups is 1. The van der Waals surface area contributed by atoms with Gasteiger partial charge in [-0.25, -0.2) is 0 Å². The van der Waals surface area contributed by atoms with Crippen LogP contribution in [0.1, 0.15) is 12.5 Å². The van der Waals surface area contributed by atoms with E-state index in [1.54, 1.807) is 12.1 Å². The Morgan fingerprint density at radius 3 is 2.92 bits per heavy atom. The normalized spacial score (nSPS) is 12.8. The van der Waals surface area contributed by atoms with Crippen molar-refractivity contribution in [2.24, 2.45) is 0 Å². The number of rotatable bonds is 4. The van der Waals surface area contributed by atoms with E-state index in [1.165, 1.54) is 0 Å². The predicted octanol–water partition coefficient (Wildman–Crippen LogP) is 2.27. The van der Waals surface area contributed by atoms with Crippen LogP contribution in [0, 0.1) is 0 Å². The molecule has 0 spiro atoms. The van der Waals surface area contributed by atoms with Gasteiger partial charge in [0.1, 0.15) is 5.75 Å². The van der Waals surface area contributed by atoms with Gasteiger partial charge in [0.15, 0.2) is 0 Å². The number of phenols is 1. The number of halogens is 1. The molecule has 0 aliphatic heterocycles. The molecule has 72 valence electrons. The van der Waals surface area contributed by atoms with Crippen molar-refractivity contribution in [2.75, 3.05) is 5.33 Å². The van der Waals surface area contributed by atoms with Crippen LogP contribution in [0.2, 0.25) is 0 Å². The van der Waals surface area contributed by atoms with Crippen LogP contribution in [0.5, 0.6) is 5.75 Å². The molecule has 1 atom stereocenters. The van der Waals surface area contributed by atoms with Gasteiger partial charge in [0.05, 0.1) is 0 Å². The average Bonchev–Trinajstić information content (AvgIpc) is 2.14. The second-order valence-corrected chi connectivity index (χ2v) is 3.75. The van der Waals surface area contributed by atoms with E-state index in [-0.39, 0.29) is 0 Å². The smallest absolute Gasteiger partial charge is 0.115 e. The standard InChI is InChI=1S/C10H14BrNO/c1-8(6-11)12-7-9-3-2-4-10(13)5-9/h2-5,8,12-13H,6-7H2,1H3. The van der Waals surface area contributed by atoms with Crippen molar-refractivity contribution in [1.29, 1.82) is 0 Å².